The Balaban J connectivity index is 1.53. The van der Waals surface area contributed by atoms with Crippen LogP contribution < -0.4 is 5.32 Å². The van der Waals surface area contributed by atoms with Crippen LogP contribution in [0.15, 0.2) is 62.7 Å². The minimum atomic E-state index is -0.109. The van der Waals surface area contributed by atoms with E-state index in [2.05, 4.69) is 26.2 Å². The Bertz CT molecular complexity index is 958. The normalized spacial score (nSPS) is 10.6. The van der Waals surface area contributed by atoms with Crippen LogP contribution >= 0.6 is 39.0 Å². The second-order valence-corrected chi connectivity index (χ2v) is 8.86. The zero-order chi connectivity index (χ0) is 19.2. The molecule has 0 spiro atoms. The zero-order valence-corrected chi connectivity index (χ0v) is 17.8. The Morgan fingerprint density at radius 3 is 2.70 bits per heavy atom. The molecule has 0 aliphatic heterocycles. The summed E-state index contributed by atoms with van der Waals surface area (Å²) in [4.78, 5) is 28.9. The van der Waals surface area contributed by atoms with Gasteiger partial charge in [-0.3, -0.25) is 9.59 Å². The van der Waals surface area contributed by atoms with Crippen molar-refractivity contribution in [1.82, 2.24) is 4.98 Å². The smallest absolute Gasteiger partial charge is 0.230 e. The third-order valence-electron chi connectivity index (χ3n) is 3.76. The van der Waals surface area contributed by atoms with Gasteiger partial charge in [0.05, 0.1) is 17.9 Å². The van der Waals surface area contributed by atoms with E-state index in [9.17, 15) is 9.59 Å². The lowest BCUT2D eigenvalue weighted by Gasteiger charge is -2.07. The lowest BCUT2D eigenvalue weighted by molar-refractivity contribution is -0.115. The summed E-state index contributed by atoms with van der Waals surface area (Å²) in [5, 5.41) is 4.78. The van der Waals surface area contributed by atoms with Gasteiger partial charge in [0.2, 0.25) is 5.91 Å². The largest absolute Gasteiger partial charge is 0.326 e. The number of nitrogens with one attached hydrogen (secondary N) is 1. The first-order valence-electron chi connectivity index (χ1n) is 8.23. The summed E-state index contributed by atoms with van der Waals surface area (Å²) in [5.74, 6) is 0.296. The number of nitrogens with zero attached hydrogens (tertiary/aromatic N) is 1. The van der Waals surface area contributed by atoms with Gasteiger partial charge in [-0.15, -0.1) is 11.3 Å². The van der Waals surface area contributed by atoms with Gasteiger partial charge >= 0.3 is 0 Å². The number of hydrogen-bond acceptors (Lipinski definition) is 5. The van der Waals surface area contributed by atoms with Gasteiger partial charge < -0.3 is 5.32 Å². The maximum absolute atomic E-state index is 12.3. The van der Waals surface area contributed by atoms with Gasteiger partial charge in [0, 0.05) is 21.1 Å². The number of rotatable bonds is 7. The van der Waals surface area contributed by atoms with Crippen molar-refractivity contribution >= 4 is 56.4 Å². The summed E-state index contributed by atoms with van der Waals surface area (Å²) in [7, 11) is 0. The number of amides is 1. The fourth-order valence-corrected chi connectivity index (χ4v) is 4.61. The number of hydrogen-bond donors (Lipinski definition) is 1. The average molecular weight is 461 g/mol. The molecule has 3 aromatic rings. The Hall–Kier alpha value is -1.96. The Kier molecular flexibility index (Phi) is 6.82. The summed E-state index contributed by atoms with van der Waals surface area (Å²) in [6, 6.07) is 14.9. The molecule has 0 aliphatic rings. The van der Waals surface area contributed by atoms with Crippen molar-refractivity contribution < 1.29 is 9.59 Å². The van der Waals surface area contributed by atoms with Crippen LogP contribution in [0.2, 0.25) is 0 Å². The van der Waals surface area contributed by atoms with E-state index in [-0.39, 0.29) is 18.1 Å². The number of halogens is 1. The first-order valence-corrected chi connectivity index (χ1v) is 10.9. The van der Waals surface area contributed by atoms with Gasteiger partial charge in [-0.05, 0) is 30.7 Å². The molecule has 0 unspecified atom stereocenters. The molecule has 0 fully saturated rings. The predicted octanol–water partition coefficient (Wildman–Crippen LogP) is 5.37. The van der Waals surface area contributed by atoms with E-state index in [1.54, 1.807) is 0 Å². The molecule has 0 atom stereocenters. The number of thiazole rings is 1. The quantitative estimate of drug-likeness (QED) is 0.380. The maximum Gasteiger partial charge on any atom is 0.230 e. The molecule has 4 nitrogen and oxygen atoms in total. The topological polar surface area (TPSA) is 59.1 Å². The lowest BCUT2D eigenvalue weighted by Crippen LogP contribution is -2.15. The number of aromatic nitrogens is 1. The molecule has 0 radical (unpaired) electrons. The lowest BCUT2D eigenvalue weighted by atomic mass is 10.2. The van der Waals surface area contributed by atoms with Gasteiger partial charge in [-0.1, -0.05) is 58.0 Å². The second kappa shape index (κ2) is 9.30. The molecule has 0 saturated heterocycles. The first-order chi connectivity index (χ1) is 13.0. The number of anilines is 1. The van der Waals surface area contributed by atoms with Crippen LogP contribution in [-0.4, -0.2) is 22.4 Å². The van der Waals surface area contributed by atoms with E-state index >= 15 is 0 Å². The molecule has 3 rings (SSSR count). The summed E-state index contributed by atoms with van der Waals surface area (Å²) in [6.45, 7) is 1.95. The first kappa shape index (κ1) is 19.8. The maximum atomic E-state index is 12.3. The third-order valence-corrected chi connectivity index (χ3v) is 6.32. The number of carbonyl (C=O) groups is 2. The van der Waals surface area contributed by atoms with Crippen LogP contribution in [0.25, 0.3) is 0 Å². The minimum absolute atomic E-state index is 0.0702. The standard InChI is InChI=1S/C20H17BrN2O2S2/c1-13-9-15(21)7-8-17(13)23-19(25)10-16-11-26-20(22-16)27-12-18(24)14-5-3-2-4-6-14/h2-9,11H,10,12H2,1H3,(H,23,25). The van der Waals surface area contributed by atoms with Crippen LogP contribution in [0.5, 0.6) is 0 Å². The van der Waals surface area contributed by atoms with E-state index in [0.717, 1.165) is 20.1 Å². The van der Waals surface area contributed by atoms with E-state index in [0.29, 0.717) is 17.0 Å². The van der Waals surface area contributed by atoms with E-state index in [4.69, 9.17) is 0 Å². The van der Waals surface area contributed by atoms with Crippen molar-refractivity contribution in [2.24, 2.45) is 0 Å². The van der Waals surface area contributed by atoms with Crippen LogP contribution in [0.3, 0.4) is 0 Å². The molecule has 1 N–H and O–H groups in total. The Morgan fingerprint density at radius 1 is 1.19 bits per heavy atom. The van der Waals surface area contributed by atoms with Crippen molar-refractivity contribution in [2.45, 2.75) is 17.7 Å². The minimum Gasteiger partial charge on any atom is -0.326 e. The molecule has 1 aromatic heterocycles. The number of aryl methyl sites for hydroxylation is 1. The highest BCUT2D eigenvalue weighted by Gasteiger charge is 2.12. The Labute approximate surface area is 174 Å². The summed E-state index contributed by atoms with van der Waals surface area (Å²) >= 11 is 6.26. The average Bonchev–Trinajstić information content (AvgIpc) is 3.10. The van der Waals surface area contributed by atoms with Crippen molar-refractivity contribution in [2.75, 3.05) is 11.1 Å². The Morgan fingerprint density at radius 2 is 1.96 bits per heavy atom. The molecule has 138 valence electrons. The van der Waals surface area contributed by atoms with Crippen LogP contribution in [0.4, 0.5) is 5.69 Å². The molecular weight excluding hydrogens is 444 g/mol. The third kappa shape index (κ3) is 5.76. The molecule has 0 bridgehead atoms. The van der Waals surface area contributed by atoms with Crippen LogP contribution in [0.1, 0.15) is 21.6 Å². The predicted molar refractivity (Wildman–Crippen MR) is 115 cm³/mol. The fraction of sp³-hybridized carbons (Fsp3) is 0.150. The van der Waals surface area contributed by atoms with E-state index < -0.39 is 0 Å². The number of Topliss-reactive ketones (excluding diaryl/α,β-unsaturated/α-hetero) is 1. The van der Waals surface area contributed by atoms with Crippen molar-refractivity contribution in [1.29, 1.82) is 0 Å². The SMILES string of the molecule is Cc1cc(Br)ccc1NC(=O)Cc1csc(SCC(=O)c2ccccc2)n1. The summed E-state index contributed by atoms with van der Waals surface area (Å²) in [5.41, 5.74) is 3.20. The van der Waals surface area contributed by atoms with Gasteiger partial charge in [0.1, 0.15) is 0 Å². The number of benzene rings is 2. The van der Waals surface area contributed by atoms with E-state index in [1.165, 1.54) is 23.1 Å². The molecule has 1 heterocycles. The van der Waals surface area contributed by atoms with E-state index in [1.807, 2.05) is 60.8 Å². The highest BCUT2D eigenvalue weighted by molar-refractivity contribution is 9.10. The zero-order valence-electron chi connectivity index (χ0n) is 14.6. The van der Waals surface area contributed by atoms with Gasteiger partial charge in [0.15, 0.2) is 10.1 Å². The number of thioether (sulfide) groups is 1. The van der Waals surface area contributed by atoms with Crippen molar-refractivity contribution in [3.8, 4) is 0 Å². The molecule has 0 aliphatic carbocycles. The van der Waals surface area contributed by atoms with Gasteiger partial charge in [-0.2, -0.15) is 0 Å². The highest BCUT2D eigenvalue weighted by Crippen LogP contribution is 2.24. The van der Waals surface area contributed by atoms with Crippen LogP contribution in [0, 0.1) is 6.92 Å². The monoisotopic (exact) mass is 460 g/mol. The van der Waals surface area contributed by atoms with Crippen LogP contribution in [-0.2, 0) is 11.2 Å². The number of ketones is 1. The van der Waals surface area contributed by atoms with Crippen molar-refractivity contribution in [3.63, 3.8) is 0 Å². The second-order valence-electron chi connectivity index (χ2n) is 5.87. The summed E-state index contributed by atoms with van der Waals surface area (Å²) in [6.07, 6.45) is 0.208. The summed E-state index contributed by atoms with van der Waals surface area (Å²) < 4.78 is 1.77. The molecular formula is C20H17BrN2O2S2. The fourth-order valence-electron chi connectivity index (χ4n) is 2.40. The number of carbonyl (C=O) groups excluding carboxylic acids is 2. The van der Waals surface area contributed by atoms with Gasteiger partial charge in [-0.25, -0.2) is 4.98 Å². The van der Waals surface area contributed by atoms with Gasteiger partial charge in [0.25, 0.3) is 0 Å². The molecule has 1 amide bonds. The molecule has 2 aromatic carbocycles. The molecule has 7 heteroatoms. The molecule has 27 heavy (non-hydrogen) atoms. The van der Waals surface area contributed by atoms with Crippen molar-refractivity contribution in [3.05, 3.63) is 75.2 Å². The molecule has 0 saturated carbocycles. The highest BCUT2D eigenvalue weighted by atomic mass is 79.9.